The number of hydrogen-bond acceptors (Lipinski definition) is 7. The number of rotatable bonds is 5. The zero-order chi connectivity index (χ0) is 20.1. The highest BCUT2D eigenvalue weighted by atomic mass is 32.2. The normalized spacial score (nSPS) is 16.1. The Balaban J connectivity index is 1.83. The van der Waals surface area contributed by atoms with Crippen LogP contribution in [0.3, 0.4) is 0 Å². The molecule has 1 unspecified atom stereocenters. The van der Waals surface area contributed by atoms with Crippen molar-refractivity contribution in [2.24, 2.45) is 9.98 Å². The summed E-state index contributed by atoms with van der Waals surface area (Å²) in [6, 6.07) is 13.3. The van der Waals surface area contributed by atoms with Crippen molar-refractivity contribution in [2.45, 2.75) is 18.7 Å². The number of benzene rings is 2. The Morgan fingerprint density at radius 2 is 1.86 bits per heavy atom. The highest BCUT2D eigenvalue weighted by Crippen LogP contribution is 2.25. The van der Waals surface area contributed by atoms with Gasteiger partial charge in [-0.05, 0) is 36.8 Å². The molecule has 0 amide bonds. The minimum Gasteiger partial charge on any atom is -0.497 e. The minimum atomic E-state index is -0.469. The lowest BCUT2D eigenvalue weighted by molar-refractivity contribution is -0.384. The molecule has 8 heteroatoms. The molecule has 7 nitrogen and oxygen atoms in total. The molecule has 0 saturated heterocycles. The van der Waals surface area contributed by atoms with Crippen molar-refractivity contribution in [3.05, 3.63) is 75.3 Å². The number of amidine groups is 1. The Morgan fingerprint density at radius 1 is 1.18 bits per heavy atom. The van der Waals surface area contributed by atoms with Crippen molar-refractivity contribution in [3.63, 3.8) is 0 Å². The highest BCUT2D eigenvalue weighted by molar-refractivity contribution is 8.13. The van der Waals surface area contributed by atoms with Gasteiger partial charge in [-0.1, -0.05) is 23.9 Å². The van der Waals surface area contributed by atoms with Crippen LogP contribution in [-0.2, 0) is 10.5 Å². The number of aliphatic imine (C=N–C) groups is 2. The van der Waals surface area contributed by atoms with Gasteiger partial charge in [-0.3, -0.25) is 15.1 Å². The van der Waals surface area contributed by atoms with Crippen LogP contribution in [0, 0.1) is 10.1 Å². The second-order valence-electron chi connectivity index (χ2n) is 6.00. The molecular weight excluding hydrogens is 378 g/mol. The van der Waals surface area contributed by atoms with Crippen LogP contribution in [-0.4, -0.2) is 34.9 Å². The molecule has 28 heavy (non-hydrogen) atoms. The van der Waals surface area contributed by atoms with E-state index in [0.29, 0.717) is 27.8 Å². The van der Waals surface area contributed by atoms with E-state index in [9.17, 15) is 14.9 Å². The third-order valence-electron chi connectivity index (χ3n) is 4.17. The average Bonchev–Trinajstić information content (AvgIpc) is 2.72. The molecule has 2 aromatic rings. The van der Waals surface area contributed by atoms with Crippen molar-refractivity contribution < 1.29 is 14.5 Å². The molecule has 3 rings (SSSR count). The first-order valence-electron chi connectivity index (χ1n) is 8.44. The van der Waals surface area contributed by atoms with Crippen LogP contribution in [0.25, 0.3) is 0 Å². The van der Waals surface area contributed by atoms with E-state index in [0.717, 1.165) is 11.3 Å². The van der Waals surface area contributed by atoms with E-state index in [2.05, 4.69) is 9.98 Å². The number of nitrogens with zero attached hydrogens (tertiary/aromatic N) is 3. The largest absolute Gasteiger partial charge is 0.497 e. The third-order valence-corrected chi connectivity index (χ3v) is 5.11. The molecule has 0 spiro atoms. The summed E-state index contributed by atoms with van der Waals surface area (Å²) in [4.78, 5) is 30.8. The SMILES string of the molecule is COc1ccc(CSC2=NC(C)C(=C=O)C(c3ccc([N+](=O)[O-])cc3)=N2)cc1. The first-order chi connectivity index (χ1) is 13.5. The van der Waals surface area contributed by atoms with Crippen molar-refractivity contribution in [3.8, 4) is 5.75 Å². The van der Waals surface area contributed by atoms with E-state index in [1.807, 2.05) is 30.2 Å². The first-order valence-corrected chi connectivity index (χ1v) is 9.42. The molecule has 2 aromatic carbocycles. The topological polar surface area (TPSA) is 94.2 Å². The molecule has 1 aliphatic rings. The second-order valence-corrected chi connectivity index (χ2v) is 6.95. The molecule has 1 heterocycles. The number of thioether (sulfide) groups is 1. The Morgan fingerprint density at radius 3 is 2.43 bits per heavy atom. The summed E-state index contributed by atoms with van der Waals surface area (Å²) < 4.78 is 5.15. The quantitative estimate of drug-likeness (QED) is 0.435. The zero-order valence-electron chi connectivity index (χ0n) is 15.3. The van der Waals surface area contributed by atoms with Gasteiger partial charge in [0.1, 0.15) is 11.7 Å². The van der Waals surface area contributed by atoms with E-state index < -0.39 is 11.0 Å². The maximum atomic E-state index is 11.4. The molecule has 0 N–H and O–H groups in total. The van der Waals surface area contributed by atoms with Crippen molar-refractivity contribution in [1.82, 2.24) is 0 Å². The molecule has 0 aromatic heterocycles. The molecule has 0 aliphatic carbocycles. The fourth-order valence-corrected chi connectivity index (χ4v) is 3.52. The Kier molecular flexibility index (Phi) is 6.03. The number of ether oxygens (including phenoxy) is 1. The summed E-state index contributed by atoms with van der Waals surface area (Å²) in [6.45, 7) is 1.80. The van der Waals surface area contributed by atoms with Crippen LogP contribution in [0.15, 0.2) is 64.1 Å². The summed E-state index contributed by atoms with van der Waals surface area (Å²) in [5.41, 5.74) is 2.47. The van der Waals surface area contributed by atoms with Crippen LogP contribution in [0.2, 0.25) is 0 Å². The fraction of sp³-hybridized carbons (Fsp3) is 0.200. The number of carbonyl (C=O) groups excluding carboxylic acids is 1. The molecule has 1 atom stereocenters. The van der Waals surface area contributed by atoms with Gasteiger partial charge in [0, 0.05) is 23.4 Å². The van der Waals surface area contributed by atoms with Crippen molar-refractivity contribution in [2.75, 3.05) is 7.11 Å². The maximum Gasteiger partial charge on any atom is 0.269 e. The Hall–Kier alpha value is -3.22. The number of nitro benzene ring substituents is 1. The van der Waals surface area contributed by atoms with Gasteiger partial charge in [-0.15, -0.1) is 0 Å². The molecule has 0 radical (unpaired) electrons. The molecule has 0 fully saturated rings. The van der Waals surface area contributed by atoms with Gasteiger partial charge < -0.3 is 4.74 Å². The number of methoxy groups -OCH3 is 1. The molecule has 142 valence electrons. The van der Waals surface area contributed by atoms with Gasteiger partial charge in [0.2, 0.25) is 0 Å². The molecule has 0 saturated carbocycles. The molecule has 1 aliphatic heterocycles. The van der Waals surface area contributed by atoms with Crippen LogP contribution in [0.5, 0.6) is 5.75 Å². The van der Waals surface area contributed by atoms with E-state index in [1.54, 1.807) is 26.2 Å². The predicted octanol–water partition coefficient (Wildman–Crippen LogP) is 3.84. The molecular formula is C20H17N3O4S. The van der Waals surface area contributed by atoms with Gasteiger partial charge in [0.15, 0.2) is 5.17 Å². The van der Waals surface area contributed by atoms with Gasteiger partial charge in [-0.25, -0.2) is 9.79 Å². The van der Waals surface area contributed by atoms with Crippen LogP contribution in [0.1, 0.15) is 18.1 Å². The summed E-state index contributed by atoms with van der Waals surface area (Å²) in [5.74, 6) is 3.37. The number of nitro groups is 1. The smallest absolute Gasteiger partial charge is 0.269 e. The van der Waals surface area contributed by atoms with Crippen LogP contribution < -0.4 is 4.74 Å². The Bertz CT molecular complexity index is 991. The number of non-ortho nitro benzene ring substituents is 1. The first kappa shape index (κ1) is 19.5. The lowest BCUT2D eigenvalue weighted by Crippen LogP contribution is -2.22. The summed E-state index contributed by atoms with van der Waals surface area (Å²) in [5, 5.41) is 11.4. The number of hydrogen-bond donors (Lipinski definition) is 0. The van der Waals surface area contributed by atoms with Crippen molar-refractivity contribution >= 4 is 34.3 Å². The van der Waals surface area contributed by atoms with Gasteiger partial charge >= 0.3 is 0 Å². The van der Waals surface area contributed by atoms with Crippen LogP contribution >= 0.6 is 11.8 Å². The zero-order valence-corrected chi connectivity index (χ0v) is 16.1. The van der Waals surface area contributed by atoms with E-state index in [4.69, 9.17) is 4.74 Å². The van der Waals surface area contributed by atoms with Gasteiger partial charge in [-0.2, -0.15) is 0 Å². The minimum absolute atomic E-state index is 0.0207. The maximum absolute atomic E-state index is 11.4. The van der Waals surface area contributed by atoms with Crippen LogP contribution in [0.4, 0.5) is 5.69 Å². The van der Waals surface area contributed by atoms with Crippen molar-refractivity contribution in [1.29, 1.82) is 0 Å². The summed E-state index contributed by atoms with van der Waals surface area (Å²) in [7, 11) is 1.62. The van der Waals surface area contributed by atoms with E-state index >= 15 is 0 Å². The summed E-state index contributed by atoms with van der Waals surface area (Å²) in [6.07, 6.45) is 0. The third kappa shape index (κ3) is 4.36. The second kappa shape index (κ2) is 8.65. The summed E-state index contributed by atoms with van der Waals surface area (Å²) >= 11 is 1.46. The Labute approximate surface area is 166 Å². The lowest BCUT2D eigenvalue weighted by Gasteiger charge is -2.18. The predicted molar refractivity (Wildman–Crippen MR) is 110 cm³/mol. The standard InChI is InChI=1S/C20H17N3O4S/c1-13-18(11-24)19(15-5-7-16(8-6-15)23(25)26)22-20(21-13)28-12-14-3-9-17(27-2)10-4-14/h3-10,13H,12H2,1-2H3. The van der Waals surface area contributed by atoms with Gasteiger partial charge in [0.25, 0.3) is 5.69 Å². The monoisotopic (exact) mass is 395 g/mol. The van der Waals surface area contributed by atoms with E-state index in [-0.39, 0.29) is 5.69 Å². The fourth-order valence-electron chi connectivity index (χ4n) is 2.65. The van der Waals surface area contributed by atoms with E-state index in [1.165, 1.54) is 23.9 Å². The van der Waals surface area contributed by atoms with Gasteiger partial charge in [0.05, 0.1) is 29.4 Å². The lowest BCUT2D eigenvalue weighted by atomic mass is 9.98. The average molecular weight is 395 g/mol. The molecule has 0 bridgehead atoms. The highest BCUT2D eigenvalue weighted by Gasteiger charge is 2.24.